The van der Waals surface area contributed by atoms with Crippen LogP contribution in [0.5, 0.6) is 0 Å². The molecule has 1 atom stereocenters. The number of aliphatic imine (C=N–C) groups is 1. The molecule has 0 saturated heterocycles. The number of fused-ring (bicyclic) bond motifs is 1. The van der Waals surface area contributed by atoms with Gasteiger partial charge in [0.25, 0.3) is 0 Å². The minimum Gasteiger partial charge on any atom is -0.317 e. The second-order valence-corrected chi connectivity index (χ2v) is 3.43. The lowest BCUT2D eigenvalue weighted by atomic mass is 10.1. The van der Waals surface area contributed by atoms with Gasteiger partial charge >= 0.3 is 0 Å². The summed E-state index contributed by atoms with van der Waals surface area (Å²) >= 11 is 3.44. The van der Waals surface area contributed by atoms with Gasteiger partial charge in [-0.3, -0.25) is 4.99 Å². The third-order valence-corrected chi connectivity index (χ3v) is 2.37. The highest BCUT2D eigenvalue weighted by atomic mass is 79.9. The minimum absolute atomic E-state index is 0.249. The average molecular weight is 214 g/mol. The van der Waals surface area contributed by atoms with E-state index in [1.807, 2.05) is 24.5 Å². The Kier molecular flexibility index (Phi) is 1.58. The van der Waals surface area contributed by atoms with Crippen LogP contribution in [-0.4, -0.2) is 24.3 Å². The van der Waals surface area contributed by atoms with E-state index in [9.17, 15) is 0 Å². The molecule has 2 aliphatic rings. The highest BCUT2D eigenvalue weighted by molar-refractivity contribution is 9.12. The van der Waals surface area contributed by atoms with E-state index < -0.39 is 0 Å². The molecule has 1 N–H and O–H groups in total. The molecular weight excluding hydrogens is 206 g/mol. The molecule has 1 unspecified atom stereocenters. The number of hydrogen-bond donors (Lipinski definition) is 1. The number of hydrazine groups is 1. The molecule has 4 heteroatoms. The predicted molar refractivity (Wildman–Crippen MR) is 48.3 cm³/mol. The number of rotatable bonds is 0. The number of hydrogen-bond acceptors (Lipinski definition) is 3. The van der Waals surface area contributed by atoms with Gasteiger partial charge in [0.05, 0.1) is 6.04 Å². The summed E-state index contributed by atoms with van der Waals surface area (Å²) in [7, 11) is 1.97. The molecule has 2 heterocycles. The van der Waals surface area contributed by atoms with Crippen LogP contribution in [0.3, 0.4) is 0 Å². The highest BCUT2D eigenvalue weighted by Gasteiger charge is 2.23. The summed E-state index contributed by atoms with van der Waals surface area (Å²) in [6.07, 6.45) is 5.75. The summed E-state index contributed by atoms with van der Waals surface area (Å²) in [5.41, 5.74) is 4.45. The molecule has 0 bridgehead atoms. The zero-order chi connectivity index (χ0) is 7.84. The zero-order valence-corrected chi connectivity index (χ0v) is 7.67. The van der Waals surface area contributed by atoms with Crippen molar-refractivity contribution in [1.29, 1.82) is 0 Å². The number of nitrogens with one attached hydrogen (secondary N) is 1. The molecule has 58 valence electrons. The Morgan fingerprint density at radius 3 is 3.27 bits per heavy atom. The fourth-order valence-corrected chi connectivity index (χ4v) is 1.68. The maximum Gasteiger partial charge on any atom is 0.0889 e. The van der Waals surface area contributed by atoms with Gasteiger partial charge in [-0.15, -0.1) is 0 Å². The lowest BCUT2D eigenvalue weighted by molar-refractivity contribution is 0.357. The lowest BCUT2D eigenvalue weighted by Crippen LogP contribution is -2.35. The lowest BCUT2D eigenvalue weighted by Gasteiger charge is -2.13. The first-order chi connectivity index (χ1) is 5.27. The van der Waals surface area contributed by atoms with Crippen LogP contribution < -0.4 is 5.43 Å². The number of nitrogens with zero attached hydrogens (tertiary/aromatic N) is 2. The Morgan fingerprint density at radius 1 is 1.73 bits per heavy atom. The van der Waals surface area contributed by atoms with E-state index in [1.54, 1.807) is 0 Å². The largest absolute Gasteiger partial charge is 0.317 e. The van der Waals surface area contributed by atoms with Gasteiger partial charge < -0.3 is 5.01 Å². The summed E-state index contributed by atoms with van der Waals surface area (Å²) < 4.78 is 1.06. The van der Waals surface area contributed by atoms with E-state index in [2.05, 4.69) is 32.5 Å². The third kappa shape index (κ3) is 1.12. The first-order valence-electron chi connectivity index (χ1n) is 3.37. The molecule has 11 heavy (non-hydrogen) atoms. The molecular formula is C7H8BrN3. The van der Waals surface area contributed by atoms with E-state index in [4.69, 9.17) is 0 Å². The van der Waals surface area contributed by atoms with Crippen molar-refractivity contribution >= 4 is 22.1 Å². The van der Waals surface area contributed by atoms with E-state index in [0.29, 0.717) is 0 Å². The van der Waals surface area contributed by atoms with E-state index in [0.717, 1.165) is 4.48 Å². The van der Waals surface area contributed by atoms with Crippen LogP contribution in [0.2, 0.25) is 0 Å². The molecule has 0 aliphatic carbocycles. The van der Waals surface area contributed by atoms with Gasteiger partial charge in [0.2, 0.25) is 0 Å². The molecule has 0 saturated carbocycles. The zero-order valence-electron chi connectivity index (χ0n) is 6.08. The summed E-state index contributed by atoms with van der Waals surface area (Å²) in [5.74, 6) is 0. The molecule has 0 aromatic carbocycles. The van der Waals surface area contributed by atoms with Crippen molar-refractivity contribution in [1.82, 2.24) is 10.4 Å². The molecule has 0 spiro atoms. The maximum absolute atomic E-state index is 4.07. The van der Waals surface area contributed by atoms with Crippen LogP contribution in [0.15, 0.2) is 27.4 Å². The molecule has 2 rings (SSSR count). The Bertz CT molecular complexity index is 267. The first-order valence-corrected chi connectivity index (χ1v) is 4.17. The fourth-order valence-electron chi connectivity index (χ4n) is 1.21. The molecule has 0 aromatic heterocycles. The topological polar surface area (TPSA) is 27.6 Å². The van der Waals surface area contributed by atoms with Crippen molar-refractivity contribution < 1.29 is 0 Å². The van der Waals surface area contributed by atoms with Crippen LogP contribution in [0.1, 0.15) is 0 Å². The summed E-state index contributed by atoms with van der Waals surface area (Å²) in [5, 5.41) is 1.94. The quantitative estimate of drug-likeness (QED) is 0.651. The third-order valence-electron chi connectivity index (χ3n) is 1.71. The van der Waals surface area contributed by atoms with Crippen LogP contribution in [0, 0.1) is 0 Å². The van der Waals surface area contributed by atoms with E-state index in [-0.39, 0.29) is 6.04 Å². The second kappa shape index (κ2) is 2.46. The Labute approximate surface area is 73.6 Å². The smallest absolute Gasteiger partial charge is 0.0889 e. The van der Waals surface area contributed by atoms with Crippen LogP contribution in [-0.2, 0) is 0 Å². The van der Waals surface area contributed by atoms with Crippen LogP contribution in [0.25, 0.3) is 0 Å². The maximum atomic E-state index is 4.07. The molecule has 3 nitrogen and oxygen atoms in total. The van der Waals surface area contributed by atoms with Gasteiger partial charge in [-0.25, -0.2) is 5.43 Å². The summed E-state index contributed by atoms with van der Waals surface area (Å²) in [6, 6.07) is 0.249. The Morgan fingerprint density at radius 2 is 2.55 bits per heavy atom. The molecule has 2 aliphatic heterocycles. The molecule has 0 fully saturated rings. The Hall–Kier alpha value is -0.610. The van der Waals surface area contributed by atoms with E-state index >= 15 is 0 Å². The van der Waals surface area contributed by atoms with Crippen molar-refractivity contribution in [3.8, 4) is 0 Å². The van der Waals surface area contributed by atoms with Crippen LogP contribution in [0.4, 0.5) is 0 Å². The fraction of sp³-hybridized carbons (Fsp3) is 0.286. The Balaban J connectivity index is 2.35. The van der Waals surface area contributed by atoms with Crippen molar-refractivity contribution in [3.63, 3.8) is 0 Å². The second-order valence-electron chi connectivity index (χ2n) is 2.58. The highest BCUT2D eigenvalue weighted by Crippen LogP contribution is 2.26. The van der Waals surface area contributed by atoms with Gasteiger partial charge in [-0.1, -0.05) is 0 Å². The van der Waals surface area contributed by atoms with Crippen molar-refractivity contribution in [2.45, 2.75) is 6.04 Å². The summed E-state index contributed by atoms with van der Waals surface area (Å²) in [4.78, 5) is 4.07. The predicted octanol–water partition coefficient (Wildman–Crippen LogP) is 1.01. The minimum atomic E-state index is 0.249. The number of halogens is 1. The van der Waals surface area contributed by atoms with Gasteiger partial charge in [0.1, 0.15) is 0 Å². The van der Waals surface area contributed by atoms with Gasteiger partial charge in [-0.2, -0.15) is 0 Å². The van der Waals surface area contributed by atoms with Gasteiger partial charge in [0.15, 0.2) is 0 Å². The van der Waals surface area contributed by atoms with Crippen molar-refractivity contribution in [3.05, 3.63) is 22.5 Å². The van der Waals surface area contributed by atoms with Gasteiger partial charge in [-0.05, 0) is 15.9 Å². The SMILES string of the molecule is CN1C=C2C(Br)=CN=CC2N1. The standard InChI is InChI=1S/C7H8BrN3/c1-11-4-5-6(8)2-9-3-7(5)10-11/h2-4,7,10H,1H3. The normalized spacial score (nSPS) is 28.2. The summed E-state index contributed by atoms with van der Waals surface area (Å²) in [6.45, 7) is 0. The monoisotopic (exact) mass is 213 g/mol. The van der Waals surface area contributed by atoms with Crippen molar-refractivity contribution in [2.75, 3.05) is 7.05 Å². The average Bonchev–Trinajstić information content (AvgIpc) is 2.31. The van der Waals surface area contributed by atoms with Gasteiger partial charge in [0, 0.05) is 35.7 Å². The molecule has 0 aromatic rings. The van der Waals surface area contributed by atoms with Crippen molar-refractivity contribution in [2.24, 2.45) is 4.99 Å². The van der Waals surface area contributed by atoms with E-state index in [1.165, 1.54) is 5.57 Å². The van der Waals surface area contributed by atoms with Crippen LogP contribution >= 0.6 is 15.9 Å². The first kappa shape index (κ1) is 7.06. The molecule has 0 amide bonds. The molecule has 0 radical (unpaired) electrons.